The third kappa shape index (κ3) is 4.93. The van der Waals surface area contributed by atoms with Gasteiger partial charge in [0.25, 0.3) is 0 Å². The van der Waals surface area contributed by atoms with Gasteiger partial charge in [0.2, 0.25) is 0 Å². The Morgan fingerprint density at radius 3 is 2.57 bits per heavy atom. The molecule has 0 aliphatic heterocycles. The van der Waals surface area contributed by atoms with Crippen LogP contribution in [0.4, 0.5) is 10.5 Å². The lowest BCUT2D eigenvalue weighted by molar-refractivity contribution is 0.0863. The molecule has 0 radical (unpaired) electrons. The van der Waals surface area contributed by atoms with Gasteiger partial charge in [-0.3, -0.25) is 0 Å². The Balaban J connectivity index is 1.73. The largest absolute Gasteiger partial charge is 0.497 e. The second-order valence-electron chi connectivity index (χ2n) is 5.53. The number of carbonyl (C=O) groups excluding carboxylic acids is 1. The fourth-order valence-corrected chi connectivity index (χ4v) is 2.73. The molecule has 1 aliphatic carbocycles. The van der Waals surface area contributed by atoms with Crippen molar-refractivity contribution >= 4 is 11.7 Å². The molecule has 0 saturated heterocycles. The van der Waals surface area contributed by atoms with Crippen molar-refractivity contribution in [2.45, 2.75) is 38.2 Å². The number of aliphatic hydroxyl groups is 1. The average Bonchev–Trinajstić information content (AvgIpc) is 2.54. The van der Waals surface area contributed by atoms with E-state index in [2.05, 4.69) is 10.6 Å². The van der Waals surface area contributed by atoms with Crippen molar-refractivity contribution in [2.24, 2.45) is 5.92 Å². The highest BCUT2D eigenvalue weighted by atomic mass is 16.5. The van der Waals surface area contributed by atoms with Gasteiger partial charge in [0.15, 0.2) is 0 Å². The Hall–Kier alpha value is -1.75. The van der Waals surface area contributed by atoms with Gasteiger partial charge in [0.05, 0.1) is 13.2 Å². The predicted octanol–water partition coefficient (Wildman–Crippen LogP) is 2.76. The zero-order chi connectivity index (χ0) is 15.1. The van der Waals surface area contributed by atoms with Crippen LogP contribution in [0.5, 0.6) is 5.75 Å². The van der Waals surface area contributed by atoms with Crippen molar-refractivity contribution in [2.75, 3.05) is 19.0 Å². The number of ether oxygens (including phenoxy) is 1. The van der Waals surface area contributed by atoms with Gasteiger partial charge in [0.1, 0.15) is 5.75 Å². The average molecular weight is 292 g/mol. The molecular weight excluding hydrogens is 268 g/mol. The van der Waals surface area contributed by atoms with Crippen LogP contribution in [0, 0.1) is 5.92 Å². The normalized spacial score (nSPS) is 17.0. The summed E-state index contributed by atoms with van der Waals surface area (Å²) in [7, 11) is 1.60. The number of hydrogen-bond donors (Lipinski definition) is 3. The summed E-state index contributed by atoms with van der Waals surface area (Å²) < 4.78 is 5.06. The molecule has 1 fully saturated rings. The van der Waals surface area contributed by atoms with Crippen molar-refractivity contribution in [1.82, 2.24) is 5.32 Å². The molecule has 1 aromatic rings. The van der Waals surface area contributed by atoms with E-state index in [1.807, 2.05) is 0 Å². The Kier molecular flexibility index (Phi) is 5.87. The lowest BCUT2D eigenvalue weighted by Gasteiger charge is -2.26. The second-order valence-corrected chi connectivity index (χ2v) is 5.53. The van der Waals surface area contributed by atoms with Crippen LogP contribution in [-0.4, -0.2) is 30.9 Å². The van der Waals surface area contributed by atoms with Crippen LogP contribution in [0.1, 0.15) is 32.1 Å². The molecule has 5 nitrogen and oxygen atoms in total. The molecule has 0 spiro atoms. The Morgan fingerprint density at radius 1 is 1.29 bits per heavy atom. The van der Waals surface area contributed by atoms with Crippen molar-refractivity contribution in [3.05, 3.63) is 24.3 Å². The summed E-state index contributed by atoms with van der Waals surface area (Å²) in [4.78, 5) is 11.8. The van der Waals surface area contributed by atoms with E-state index in [-0.39, 0.29) is 6.03 Å². The van der Waals surface area contributed by atoms with Crippen molar-refractivity contribution < 1.29 is 14.6 Å². The van der Waals surface area contributed by atoms with Crippen LogP contribution in [0.15, 0.2) is 24.3 Å². The summed E-state index contributed by atoms with van der Waals surface area (Å²) in [5.74, 6) is 1.06. The molecule has 2 amide bonds. The van der Waals surface area contributed by atoms with Crippen molar-refractivity contribution in [3.63, 3.8) is 0 Å². The zero-order valence-electron chi connectivity index (χ0n) is 12.5. The maximum Gasteiger partial charge on any atom is 0.319 e. The Labute approximate surface area is 125 Å². The maximum absolute atomic E-state index is 11.8. The zero-order valence-corrected chi connectivity index (χ0v) is 12.5. The van der Waals surface area contributed by atoms with Crippen LogP contribution in [0.2, 0.25) is 0 Å². The molecule has 1 aliphatic rings. The summed E-state index contributed by atoms with van der Waals surface area (Å²) in [5, 5.41) is 15.6. The number of hydrogen-bond acceptors (Lipinski definition) is 3. The first kappa shape index (κ1) is 15.6. The molecule has 21 heavy (non-hydrogen) atoms. The summed E-state index contributed by atoms with van der Waals surface area (Å²) in [6, 6.07) is 6.82. The minimum absolute atomic E-state index is 0.296. The van der Waals surface area contributed by atoms with Crippen LogP contribution in [0.3, 0.4) is 0 Å². The van der Waals surface area contributed by atoms with Gasteiger partial charge in [-0.15, -0.1) is 0 Å². The molecule has 0 unspecified atom stereocenters. The van der Waals surface area contributed by atoms with Gasteiger partial charge in [-0.1, -0.05) is 19.3 Å². The van der Waals surface area contributed by atoms with Gasteiger partial charge in [-0.2, -0.15) is 0 Å². The second kappa shape index (κ2) is 7.88. The molecule has 1 saturated carbocycles. The first-order chi connectivity index (χ1) is 10.2. The molecule has 1 aromatic carbocycles. The van der Waals surface area contributed by atoms with Gasteiger partial charge >= 0.3 is 6.03 Å². The maximum atomic E-state index is 11.8. The predicted molar refractivity (Wildman–Crippen MR) is 82.6 cm³/mol. The van der Waals surface area contributed by atoms with Crippen LogP contribution >= 0.6 is 0 Å². The molecule has 116 valence electrons. The summed E-state index contributed by atoms with van der Waals surface area (Å²) in [6.07, 6.45) is 5.28. The van der Waals surface area contributed by atoms with E-state index in [1.165, 1.54) is 19.3 Å². The third-order valence-electron chi connectivity index (χ3n) is 4.01. The fraction of sp³-hybridized carbons (Fsp3) is 0.562. The van der Waals surface area contributed by atoms with Gasteiger partial charge in [-0.25, -0.2) is 4.79 Å². The minimum atomic E-state index is -0.452. The number of benzene rings is 1. The number of nitrogens with one attached hydrogen (secondary N) is 2. The third-order valence-corrected chi connectivity index (χ3v) is 4.01. The first-order valence-corrected chi connectivity index (χ1v) is 7.56. The van der Waals surface area contributed by atoms with Crippen LogP contribution in [0.25, 0.3) is 0 Å². The summed E-state index contributed by atoms with van der Waals surface area (Å²) in [5.41, 5.74) is 0.695. The van der Waals surface area contributed by atoms with E-state index < -0.39 is 6.10 Å². The smallest absolute Gasteiger partial charge is 0.319 e. The van der Waals surface area contributed by atoms with Crippen LogP contribution in [-0.2, 0) is 0 Å². The number of carbonyl (C=O) groups is 1. The SMILES string of the molecule is COc1ccc(NC(=O)NC[C@H](O)C2CCCCC2)cc1. The van der Waals surface area contributed by atoms with Crippen molar-refractivity contribution in [1.29, 1.82) is 0 Å². The Morgan fingerprint density at radius 2 is 1.95 bits per heavy atom. The lowest BCUT2D eigenvalue weighted by atomic mass is 9.85. The minimum Gasteiger partial charge on any atom is -0.497 e. The highest BCUT2D eigenvalue weighted by Gasteiger charge is 2.21. The number of rotatable bonds is 5. The van der Waals surface area contributed by atoms with Gasteiger partial charge in [-0.05, 0) is 43.0 Å². The number of methoxy groups -OCH3 is 1. The Bertz CT molecular complexity index is 441. The summed E-state index contributed by atoms with van der Waals surface area (Å²) >= 11 is 0. The molecule has 0 bridgehead atoms. The quantitative estimate of drug-likeness (QED) is 0.781. The highest BCUT2D eigenvalue weighted by molar-refractivity contribution is 5.89. The standard InChI is InChI=1S/C16H24N2O3/c1-21-14-9-7-13(8-10-14)18-16(20)17-11-15(19)12-5-3-2-4-6-12/h7-10,12,15,19H,2-6,11H2,1H3,(H2,17,18,20)/t15-/m0/s1. The molecule has 2 rings (SSSR count). The molecule has 1 atom stereocenters. The number of amides is 2. The fourth-order valence-electron chi connectivity index (χ4n) is 2.73. The van der Waals surface area contributed by atoms with E-state index in [0.717, 1.165) is 18.6 Å². The molecule has 0 aromatic heterocycles. The first-order valence-electron chi connectivity index (χ1n) is 7.56. The number of urea groups is 1. The number of aliphatic hydroxyl groups excluding tert-OH is 1. The van der Waals surface area contributed by atoms with Crippen LogP contribution < -0.4 is 15.4 Å². The van der Waals surface area contributed by atoms with E-state index in [0.29, 0.717) is 18.2 Å². The van der Waals surface area contributed by atoms with Gasteiger partial charge in [0, 0.05) is 12.2 Å². The molecule has 5 heteroatoms. The number of anilines is 1. The van der Waals surface area contributed by atoms with E-state index in [9.17, 15) is 9.90 Å². The highest BCUT2D eigenvalue weighted by Crippen LogP contribution is 2.26. The molecular formula is C16H24N2O3. The van der Waals surface area contributed by atoms with Crippen molar-refractivity contribution in [3.8, 4) is 5.75 Å². The monoisotopic (exact) mass is 292 g/mol. The lowest BCUT2D eigenvalue weighted by Crippen LogP contribution is -2.39. The van der Waals surface area contributed by atoms with E-state index >= 15 is 0 Å². The van der Waals surface area contributed by atoms with E-state index in [4.69, 9.17) is 4.74 Å². The topological polar surface area (TPSA) is 70.6 Å². The van der Waals surface area contributed by atoms with Gasteiger partial charge < -0.3 is 20.5 Å². The molecule has 3 N–H and O–H groups in total. The summed E-state index contributed by atoms with van der Waals surface area (Å²) in [6.45, 7) is 0.298. The molecule has 0 heterocycles. The van der Waals surface area contributed by atoms with E-state index in [1.54, 1.807) is 31.4 Å².